The van der Waals surface area contributed by atoms with Gasteiger partial charge in [-0.15, -0.1) is 0 Å². The molecule has 2 rings (SSSR count). The van der Waals surface area contributed by atoms with Crippen molar-refractivity contribution < 1.29 is 9.84 Å². The van der Waals surface area contributed by atoms with Crippen molar-refractivity contribution in [1.29, 1.82) is 0 Å². The fourth-order valence-corrected chi connectivity index (χ4v) is 2.01. The summed E-state index contributed by atoms with van der Waals surface area (Å²) in [6, 6.07) is 6.31. The first-order valence-corrected chi connectivity index (χ1v) is 5.83. The van der Waals surface area contributed by atoms with Crippen molar-refractivity contribution in [3.63, 3.8) is 0 Å². The Kier molecular flexibility index (Phi) is 3.80. The average molecular weight is 221 g/mol. The average Bonchev–Trinajstić information content (AvgIpc) is 2.29. The van der Waals surface area contributed by atoms with Crippen molar-refractivity contribution >= 4 is 0 Å². The van der Waals surface area contributed by atoms with E-state index in [0.29, 0.717) is 13.0 Å². The fourth-order valence-electron chi connectivity index (χ4n) is 2.01. The molecular formula is C13H19NO2. The van der Waals surface area contributed by atoms with Crippen LogP contribution in [0.1, 0.15) is 17.5 Å². The number of nitrogens with zero attached hydrogens (tertiary/aromatic N) is 1. The molecule has 0 radical (unpaired) electrons. The van der Waals surface area contributed by atoms with Gasteiger partial charge in [0, 0.05) is 26.1 Å². The third-order valence-corrected chi connectivity index (χ3v) is 2.95. The fraction of sp³-hybridized carbons (Fsp3) is 0.538. The van der Waals surface area contributed by atoms with E-state index in [2.05, 4.69) is 24.1 Å². The number of benzene rings is 1. The Hall–Kier alpha value is -1.06. The van der Waals surface area contributed by atoms with Crippen LogP contribution >= 0.6 is 0 Å². The molecule has 1 N–H and O–H groups in total. The predicted octanol–water partition coefficient (Wildman–Crippen LogP) is 1.44. The maximum Gasteiger partial charge on any atom is 0.119 e. The zero-order valence-corrected chi connectivity index (χ0v) is 9.78. The number of likely N-dealkylation sites (N-methyl/N-ethyl adjacent to an activating group) is 1. The van der Waals surface area contributed by atoms with Crippen molar-refractivity contribution in [2.75, 3.05) is 26.8 Å². The second kappa shape index (κ2) is 5.32. The van der Waals surface area contributed by atoms with Crippen LogP contribution in [0.4, 0.5) is 0 Å². The summed E-state index contributed by atoms with van der Waals surface area (Å²) in [6.45, 7) is 2.93. The molecule has 0 amide bonds. The maximum absolute atomic E-state index is 8.68. The van der Waals surface area contributed by atoms with E-state index in [1.54, 1.807) is 0 Å². The van der Waals surface area contributed by atoms with Crippen LogP contribution in [-0.4, -0.2) is 36.8 Å². The summed E-state index contributed by atoms with van der Waals surface area (Å²) >= 11 is 0. The van der Waals surface area contributed by atoms with E-state index in [0.717, 1.165) is 25.3 Å². The number of rotatable bonds is 4. The minimum atomic E-state index is 0.190. The third-order valence-electron chi connectivity index (χ3n) is 2.95. The molecule has 0 spiro atoms. The first kappa shape index (κ1) is 11.4. The van der Waals surface area contributed by atoms with Crippen LogP contribution in [0.15, 0.2) is 18.2 Å². The van der Waals surface area contributed by atoms with Gasteiger partial charge >= 0.3 is 0 Å². The molecule has 0 saturated carbocycles. The van der Waals surface area contributed by atoms with E-state index in [1.807, 2.05) is 6.07 Å². The van der Waals surface area contributed by atoms with Gasteiger partial charge in [0.05, 0.1) is 6.61 Å². The van der Waals surface area contributed by atoms with Gasteiger partial charge in [-0.3, -0.25) is 0 Å². The first-order valence-electron chi connectivity index (χ1n) is 5.83. The Labute approximate surface area is 96.6 Å². The Balaban J connectivity index is 2.02. The highest BCUT2D eigenvalue weighted by atomic mass is 16.5. The van der Waals surface area contributed by atoms with Gasteiger partial charge in [-0.25, -0.2) is 0 Å². The van der Waals surface area contributed by atoms with Crippen LogP contribution in [0.3, 0.4) is 0 Å². The second-order valence-corrected chi connectivity index (χ2v) is 4.34. The molecule has 88 valence electrons. The number of ether oxygens (including phenoxy) is 1. The van der Waals surface area contributed by atoms with Gasteiger partial charge in [0.2, 0.25) is 0 Å². The van der Waals surface area contributed by atoms with Crippen LogP contribution in [0.5, 0.6) is 5.75 Å². The van der Waals surface area contributed by atoms with Crippen LogP contribution in [0.2, 0.25) is 0 Å². The highest BCUT2D eigenvalue weighted by Crippen LogP contribution is 2.23. The molecule has 1 aliphatic heterocycles. The molecule has 1 aliphatic rings. The molecule has 0 aromatic heterocycles. The Morgan fingerprint density at radius 3 is 3.06 bits per heavy atom. The molecule has 1 aromatic rings. The van der Waals surface area contributed by atoms with Gasteiger partial charge in [-0.2, -0.15) is 0 Å². The van der Waals surface area contributed by atoms with E-state index >= 15 is 0 Å². The van der Waals surface area contributed by atoms with Crippen molar-refractivity contribution in [1.82, 2.24) is 4.90 Å². The molecule has 3 heteroatoms. The van der Waals surface area contributed by atoms with Gasteiger partial charge in [0.25, 0.3) is 0 Å². The molecule has 0 bridgehead atoms. The lowest BCUT2D eigenvalue weighted by Gasteiger charge is -2.25. The Morgan fingerprint density at radius 2 is 2.25 bits per heavy atom. The van der Waals surface area contributed by atoms with Gasteiger partial charge in [0.15, 0.2) is 0 Å². The lowest BCUT2D eigenvalue weighted by molar-refractivity contribution is 0.233. The normalized spacial score (nSPS) is 15.9. The quantitative estimate of drug-likeness (QED) is 0.781. The number of aliphatic hydroxyl groups is 1. The van der Waals surface area contributed by atoms with E-state index in [1.165, 1.54) is 11.1 Å². The van der Waals surface area contributed by atoms with Crippen molar-refractivity contribution in [2.45, 2.75) is 19.4 Å². The van der Waals surface area contributed by atoms with Crippen molar-refractivity contribution in [3.05, 3.63) is 29.3 Å². The molecule has 0 atom stereocenters. The van der Waals surface area contributed by atoms with Crippen molar-refractivity contribution in [2.24, 2.45) is 0 Å². The minimum absolute atomic E-state index is 0.190. The SMILES string of the molecule is CN1CCc2cc(OCCCO)ccc2C1. The number of aliphatic hydroxyl groups excluding tert-OH is 1. The van der Waals surface area contributed by atoms with Crippen LogP contribution < -0.4 is 4.74 Å². The molecular weight excluding hydrogens is 202 g/mol. The molecule has 1 aromatic carbocycles. The summed E-state index contributed by atoms with van der Waals surface area (Å²) in [5, 5.41) is 8.68. The summed E-state index contributed by atoms with van der Waals surface area (Å²) in [4.78, 5) is 2.33. The molecule has 1 heterocycles. The van der Waals surface area contributed by atoms with E-state index in [4.69, 9.17) is 9.84 Å². The number of hydrogen-bond donors (Lipinski definition) is 1. The summed E-state index contributed by atoms with van der Waals surface area (Å²) in [6.07, 6.45) is 1.79. The van der Waals surface area contributed by atoms with Crippen LogP contribution in [0.25, 0.3) is 0 Å². The highest BCUT2D eigenvalue weighted by molar-refractivity contribution is 5.37. The molecule has 0 fully saturated rings. The number of hydrogen-bond acceptors (Lipinski definition) is 3. The summed E-state index contributed by atoms with van der Waals surface area (Å²) in [7, 11) is 2.15. The number of fused-ring (bicyclic) bond motifs is 1. The smallest absolute Gasteiger partial charge is 0.119 e. The zero-order valence-electron chi connectivity index (χ0n) is 9.78. The van der Waals surface area contributed by atoms with E-state index in [-0.39, 0.29) is 6.61 Å². The zero-order chi connectivity index (χ0) is 11.4. The van der Waals surface area contributed by atoms with Crippen molar-refractivity contribution in [3.8, 4) is 5.75 Å². The van der Waals surface area contributed by atoms with E-state index < -0.39 is 0 Å². The Bertz CT molecular complexity index is 352. The third kappa shape index (κ3) is 2.74. The molecule has 0 unspecified atom stereocenters. The Morgan fingerprint density at radius 1 is 1.38 bits per heavy atom. The van der Waals surface area contributed by atoms with E-state index in [9.17, 15) is 0 Å². The standard InChI is InChI=1S/C13H19NO2/c1-14-6-5-11-9-13(16-8-2-7-15)4-3-12(11)10-14/h3-4,9,15H,2,5-8,10H2,1H3. The molecule has 0 saturated heterocycles. The van der Waals surface area contributed by atoms with Crippen LogP contribution in [0, 0.1) is 0 Å². The molecule has 16 heavy (non-hydrogen) atoms. The second-order valence-electron chi connectivity index (χ2n) is 4.34. The monoisotopic (exact) mass is 221 g/mol. The lowest BCUT2D eigenvalue weighted by atomic mass is 10.00. The molecule has 3 nitrogen and oxygen atoms in total. The minimum Gasteiger partial charge on any atom is -0.493 e. The van der Waals surface area contributed by atoms with Gasteiger partial charge < -0.3 is 14.7 Å². The highest BCUT2D eigenvalue weighted by Gasteiger charge is 2.13. The topological polar surface area (TPSA) is 32.7 Å². The first-order chi connectivity index (χ1) is 7.79. The van der Waals surface area contributed by atoms with Crippen LogP contribution in [-0.2, 0) is 13.0 Å². The molecule has 0 aliphatic carbocycles. The summed E-state index contributed by atoms with van der Waals surface area (Å²) in [5.74, 6) is 0.928. The maximum atomic E-state index is 8.68. The predicted molar refractivity (Wildman–Crippen MR) is 63.7 cm³/mol. The van der Waals surface area contributed by atoms with Gasteiger partial charge in [-0.05, 0) is 36.7 Å². The summed E-state index contributed by atoms with van der Waals surface area (Å²) < 4.78 is 5.57. The van der Waals surface area contributed by atoms with Gasteiger partial charge in [0.1, 0.15) is 5.75 Å². The largest absolute Gasteiger partial charge is 0.493 e. The summed E-state index contributed by atoms with van der Waals surface area (Å²) in [5.41, 5.74) is 2.81. The lowest BCUT2D eigenvalue weighted by Crippen LogP contribution is -2.26. The van der Waals surface area contributed by atoms with Gasteiger partial charge in [-0.1, -0.05) is 6.07 Å².